The topological polar surface area (TPSA) is 84.3 Å². The van der Waals surface area contributed by atoms with E-state index >= 15 is 0 Å². The zero-order valence-corrected chi connectivity index (χ0v) is 27.7. The Balaban J connectivity index is 0.000000265. The molecule has 2 saturated heterocycles. The van der Waals surface area contributed by atoms with Crippen LogP contribution in [0.5, 0.6) is 11.5 Å². The highest BCUT2D eigenvalue weighted by Crippen LogP contribution is 2.53. The van der Waals surface area contributed by atoms with Gasteiger partial charge >= 0.3 is 0 Å². The molecule has 0 radical (unpaired) electrons. The monoisotopic (exact) mass is 647 g/mol. The summed E-state index contributed by atoms with van der Waals surface area (Å²) in [7, 11) is 3.51. The minimum atomic E-state index is 0.834. The van der Waals surface area contributed by atoms with Gasteiger partial charge in [-0.1, -0.05) is 48.5 Å². The molecule has 12 rings (SSSR count). The van der Waals surface area contributed by atoms with E-state index in [-0.39, 0.29) is 0 Å². The van der Waals surface area contributed by atoms with E-state index in [1.165, 1.54) is 90.6 Å². The van der Waals surface area contributed by atoms with Crippen LogP contribution in [0.4, 0.5) is 0 Å². The van der Waals surface area contributed by atoms with Gasteiger partial charge in [0.15, 0.2) is 0 Å². The molecule has 0 amide bonds. The van der Waals surface area contributed by atoms with E-state index in [4.69, 9.17) is 18.9 Å². The second kappa shape index (κ2) is 11.2. The van der Waals surface area contributed by atoms with Gasteiger partial charge in [-0.2, -0.15) is 0 Å². The SMILES string of the molecule is C1CCOC1.C1CCOC1.COc1ccc2[nH]c3c4ccccc4c4[nH]c5c6ccccc6c6[nH]c7ccc(OC)c8c1c2c3c4c5c6c78. The van der Waals surface area contributed by atoms with E-state index in [9.17, 15) is 0 Å². The molecule has 3 aromatic heterocycles. The van der Waals surface area contributed by atoms with Gasteiger partial charge in [-0.15, -0.1) is 0 Å². The summed E-state index contributed by atoms with van der Waals surface area (Å²) in [5.74, 6) is 1.67. The fourth-order valence-electron chi connectivity index (χ4n) is 8.54. The molecule has 7 heteroatoms. The van der Waals surface area contributed by atoms with E-state index in [1.807, 2.05) is 0 Å². The Morgan fingerprint density at radius 1 is 0.408 bits per heavy atom. The molecule has 5 heterocycles. The van der Waals surface area contributed by atoms with Crippen LogP contribution in [0, 0.1) is 0 Å². The van der Waals surface area contributed by atoms with Crippen molar-refractivity contribution in [3.05, 3.63) is 72.8 Å². The first-order chi connectivity index (χ1) is 24.3. The summed E-state index contributed by atoms with van der Waals surface area (Å²) >= 11 is 0. The van der Waals surface area contributed by atoms with E-state index in [2.05, 4.69) is 87.7 Å². The first kappa shape index (κ1) is 28.7. The predicted molar refractivity (Wildman–Crippen MR) is 203 cm³/mol. The molecule has 0 saturated carbocycles. The minimum Gasteiger partial charge on any atom is -0.496 e. The maximum Gasteiger partial charge on any atom is 0.127 e. The van der Waals surface area contributed by atoms with Gasteiger partial charge in [0, 0.05) is 102 Å². The van der Waals surface area contributed by atoms with Gasteiger partial charge in [0.25, 0.3) is 0 Å². The maximum atomic E-state index is 6.08. The Bertz CT molecular complexity index is 2610. The quantitative estimate of drug-likeness (QED) is 0.174. The third-order valence-corrected chi connectivity index (χ3v) is 10.6. The van der Waals surface area contributed by atoms with Crippen LogP contribution in [0.1, 0.15) is 25.7 Å². The number of aromatic nitrogens is 3. The smallest absolute Gasteiger partial charge is 0.127 e. The highest BCUT2D eigenvalue weighted by molar-refractivity contribution is 6.49. The van der Waals surface area contributed by atoms with Crippen molar-refractivity contribution in [1.29, 1.82) is 0 Å². The Labute approximate surface area is 281 Å². The van der Waals surface area contributed by atoms with Gasteiger partial charge < -0.3 is 33.9 Å². The molecule has 0 unspecified atom stereocenters. The van der Waals surface area contributed by atoms with Gasteiger partial charge in [0.05, 0.1) is 36.3 Å². The molecule has 49 heavy (non-hydrogen) atoms. The number of aromatic amines is 3. The Morgan fingerprint density at radius 3 is 1.08 bits per heavy atom. The lowest BCUT2D eigenvalue weighted by Crippen LogP contribution is -1.90. The van der Waals surface area contributed by atoms with E-state index in [0.29, 0.717) is 0 Å². The van der Waals surface area contributed by atoms with Crippen molar-refractivity contribution < 1.29 is 18.9 Å². The van der Waals surface area contributed by atoms with Crippen LogP contribution >= 0.6 is 0 Å². The highest BCUT2D eigenvalue weighted by atomic mass is 16.5. The summed E-state index contributed by atoms with van der Waals surface area (Å²) in [5, 5.41) is 14.3. The second-order valence-corrected chi connectivity index (χ2v) is 13.2. The average molecular weight is 648 g/mol. The Morgan fingerprint density at radius 2 is 0.755 bits per heavy atom. The van der Waals surface area contributed by atoms with Crippen LogP contribution < -0.4 is 9.47 Å². The van der Waals surface area contributed by atoms with Crippen molar-refractivity contribution in [2.24, 2.45) is 0 Å². The fraction of sp³-hybridized carbons (Fsp3) is 0.238. The Kier molecular flexibility index (Phi) is 6.54. The first-order valence-electron chi connectivity index (χ1n) is 17.4. The Hall–Kier alpha value is -5.24. The predicted octanol–water partition coefficient (Wildman–Crippen LogP) is 10.5. The van der Waals surface area contributed by atoms with Crippen molar-refractivity contribution in [2.75, 3.05) is 40.6 Å². The molecule has 0 bridgehead atoms. The first-order valence-corrected chi connectivity index (χ1v) is 17.4. The van der Waals surface area contributed by atoms with Gasteiger partial charge in [-0.05, 0) is 49.9 Å². The molecule has 3 N–H and O–H groups in total. The summed E-state index contributed by atoms with van der Waals surface area (Å²) in [6, 6.07) is 25.8. The number of ether oxygens (including phenoxy) is 4. The van der Waals surface area contributed by atoms with Crippen LogP contribution in [0.3, 0.4) is 0 Å². The van der Waals surface area contributed by atoms with Crippen molar-refractivity contribution in [3.8, 4) is 11.5 Å². The summed E-state index contributed by atoms with van der Waals surface area (Å²) in [4.78, 5) is 11.6. The molecule has 2 aliphatic rings. The lowest BCUT2D eigenvalue weighted by Gasteiger charge is -2.13. The standard InChI is InChI=1S/C34H21N3O2.2C4H8O/c1-38-21-13-11-19-23-25(21)26-22(39-2)14-12-20-24(26)28-30-29-27(23)31(35-19)15-7-3-5-9-17(15)33(29)37-34(30)18-10-6-4-8-16(18)32(28)36-20;2*1-2-4-5-3-1/h3-14,35-37H,1-2H3;2*1-4H2. The van der Waals surface area contributed by atoms with Crippen molar-refractivity contribution in [3.63, 3.8) is 0 Å². The van der Waals surface area contributed by atoms with Crippen LogP contribution in [0.25, 0.3) is 97.7 Å². The molecular weight excluding hydrogens is 610 g/mol. The molecule has 7 aromatic carbocycles. The fourth-order valence-corrected chi connectivity index (χ4v) is 8.54. The number of fused-ring (bicyclic) bond motifs is 7. The molecule has 2 fully saturated rings. The molecule has 0 aliphatic carbocycles. The number of H-pyrrole nitrogens is 3. The molecule has 7 nitrogen and oxygen atoms in total. The summed E-state index contributed by atoms with van der Waals surface area (Å²) < 4.78 is 22.1. The lowest BCUT2D eigenvalue weighted by atomic mass is 9.91. The van der Waals surface area contributed by atoms with Crippen LogP contribution in [-0.4, -0.2) is 55.6 Å². The highest BCUT2D eigenvalue weighted by Gasteiger charge is 2.27. The molecule has 0 spiro atoms. The third kappa shape index (κ3) is 4.03. The van der Waals surface area contributed by atoms with Crippen molar-refractivity contribution in [1.82, 2.24) is 15.0 Å². The molecule has 0 atom stereocenters. The number of nitrogens with one attached hydrogen (secondary N) is 3. The van der Waals surface area contributed by atoms with Crippen molar-refractivity contribution in [2.45, 2.75) is 25.7 Å². The number of hydrogen-bond acceptors (Lipinski definition) is 4. The van der Waals surface area contributed by atoms with Gasteiger partial charge in [-0.3, -0.25) is 0 Å². The number of rotatable bonds is 2. The largest absolute Gasteiger partial charge is 0.496 e. The zero-order valence-electron chi connectivity index (χ0n) is 27.7. The lowest BCUT2D eigenvalue weighted by molar-refractivity contribution is 0.198. The van der Waals surface area contributed by atoms with E-state index < -0.39 is 0 Å². The van der Waals surface area contributed by atoms with Gasteiger partial charge in [0.1, 0.15) is 11.5 Å². The third-order valence-electron chi connectivity index (χ3n) is 10.6. The number of benzene rings is 6. The normalized spacial score (nSPS) is 15.1. The average Bonchev–Trinajstić information content (AvgIpc) is 3.99. The maximum absolute atomic E-state index is 6.08. The van der Waals surface area contributed by atoms with E-state index in [1.54, 1.807) is 14.2 Å². The summed E-state index contributed by atoms with van der Waals surface area (Å²) in [5.41, 5.74) is 6.80. The van der Waals surface area contributed by atoms with Gasteiger partial charge in [-0.25, -0.2) is 0 Å². The minimum absolute atomic E-state index is 0.834. The zero-order chi connectivity index (χ0) is 32.6. The molecular formula is C42H37N3O4. The van der Waals surface area contributed by atoms with Crippen LogP contribution in [0.2, 0.25) is 0 Å². The van der Waals surface area contributed by atoms with Gasteiger partial charge in [0.2, 0.25) is 0 Å². The number of methoxy groups -OCH3 is 2. The molecule has 2 aliphatic heterocycles. The van der Waals surface area contributed by atoms with E-state index in [0.717, 1.165) is 70.8 Å². The van der Waals surface area contributed by atoms with Crippen LogP contribution in [0.15, 0.2) is 72.8 Å². The summed E-state index contributed by atoms with van der Waals surface area (Å²) in [6.45, 7) is 4.00. The second-order valence-electron chi connectivity index (χ2n) is 13.2. The van der Waals surface area contributed by atoms with Crippen LogP contribution in [-0.2, 0) is 9.47 Å². The van der Waals surface area contributed by atoms with Crippen molar-refractivity contribution >= 4 is 97.7 Å². The molecule has 10 aromatic rings. The number of hydrogen-bond donors (Lipinski definition) is 3. The molecule has 244 valence electrons. The summed E-state index contributed by atoms with van der Waals surface area (Å²) in [6.07, 6.45) is 5.11.